The number of rotatable bonds is 8. The minimum Gasteiger partial charge on any atom is -0.466 e. The lowest BCUT2D eigenvalue weighted by atomic mass is 9.87. The van der Waals surface area contributed by atoms with E-state index in [1.54, 1.807) is 14.2 Å². The van der Waals surface area contributed by atoms with Gasteiger partial charge < -0.3 is 18.9 Å². The molecule has 3 rings (SSSR count). The summed E-state index contributed by atoms with van der Waals surface area (Å²) >= 11 is 0. The first-order valence-corrected chi connectivity index (χ1v) is 11.0. The maximum atomic E-state index is 12.0. The van der Waals surface area contributed by atoms with Crippen molar-refractivity contribution >= 4 is 30.8 Å². The first kappa shape index (κ1) is 27.9. The summed E-state index contributed by atoms with van der Waals surface area (Å²) in [5, 5.41) is 0. The Balaban J connectivity index is 0.00000225. The number of carbonyl (C=O) groups excluding carboxylic acids is 1. The Morgan fingerprint density at radius 3 is 2.20 bits per heavy atom. The summed E-state index contributed by atoms with van der Waals surface area (Å²) in [4.78, 5) is 16.7. The Kier molecular flexibility index (Phi) is 11.9. The quantitative estimate of drug-likeness (QED) is 0.396. The average molecular weight is 471 g/mol. The van der Waals surface area contributed by atoms with Crippen LogP contribution in [0.15, 0.2) is 0 Å². The standard InChI is InChI=1S/C21H38N2O5.2ClH/c1-5-27-19(24)17-8-10-18(11-9-17)28-20(22-12-6-7-13-22)23-15-16(2)14-21(23,25-3)26-4;;/h16-18,20H,5-15H2,1-4H3;2*1H/t16-,17-,18-,20?;;/m0../s1. The van der Waals surface area contributed by atoms with E-state index < -0.39 is 5.91 Å². The molecule has 1 saturated carbocycles. The molecule has 7 nitrogen and oxygen atoms in total. The molecule has 2 atom stereocenters. The van der Waals surface area contributed by atoms with Crippen molar-refractivity contribution in [1.82, 2.24) is 9.80 Å². The fourth-order valence-corrected chi connectivity index (χ4v) is 5.03. The number of hydrogen-bond donors (Lipinski definition) is 0. The largest absolute Gasteiger partial charge is 0.466 e. The van der Waals surface area contributed by atoms with Gasteiger partial charge >= 0.3 is 5.97 Å². The van der Waals surface area contributed by atoms with Crippen molar-refractivity contribution in [2.75, 3.05) is 40.5 Å². The van der Waals surface area contributed by atoms with Gasteiger partial charge in [-0.3, -0.25) is 9.69 Å². The maximum absolute atomic E-state index is 12.0. The Morgan fingerprint density at radius 1 is 1.07 bits per heavy atom. The molecule has 178 valence electrons. The molecular weight excluding hydrogens is 431 g/mol. The molecule has 3 fully saturated rings. The third kappa shape index (κ3) is 6.21. The molecule has 0 amide bonds. The zero-order valence-corrected chi connectivity index (χ0v) is 20.5. The van der Waals surface area contributed by atoms with Crippen molar-refractivity contribution in [3.8, 4) is 0 Å². The van der Waals surface area contributed by atoms with Gasteiger partial charge in [0.1, 0.15) is 0 Å². The Labute approximate surface area is 193 Å². The first-order chi connectivity index (χ1) is 13.5. The molecule has 0 aromatic carbocycles. The minimum absolute atomic E-state index is 0. The molecule has 2 heterocycles. The Bertz CT molecular complexity index is 510. The fraction of sp³-hybridized carbons (Fsp3) is 0.952. The van der Waals surface area contributed by atoms with E-state index >= 15 is 0 Å². The van der Waals surface area contributed by atoms with Crippen LogP contribution in [0.1, 0.15) is 58.8 Å². The van der Waals surface area contributed by atoms with Crippen LogP contribution in [0.2, 0.25) is 0 Å². The van der Waals surface area contributed by atoms with E-state index in [-0.39, 0.29) is 49.2 Å². The normalized spacial score (nSPS) is 30.3. The third-order valence-electron chi connectivity index (χ3n) is 6.52. The van der Waals surface area contributed by atoms with Crippen molar-refractivity contribution in [2.24, 2.45) is 11.8 Å². The molecule has 1 unspecified atom stereocenters. The highest BCUT2D eigenvalue weighted by Gasteiger charge is 2.51. The lowest BCUT2D eigenvalue weighted by Crippen LogP contribution is -2.59. The molecule has 30 heavy (non-hydrogen) atoms. The van der Waals surface area contributed by atoms with Crippen molar-refractivity contribution < 1.29 is 23.7 Å². The lowest BCUT2D eigenvalue weighted by molar-refractivity contribution is -0.336. The van der Waals surface area contributed by atoms with E-state index in [0.717, 1.165) is 51.7 Å². The van der Waals surface area contributed by atoms with Crippen LogP contribution in [0.5, 0.6) is 0 Å². The minimum atomic E-state index is -0.727. The molecule has 0 spiro atoms. The van der Waals surface area contributed by atoms with Gasteiger partial charge in [-0.25, -0.2) is 4.90 Å². The SMILES string of the molecule is CCOC(=O)[C@H]1CC[C@H](OC(N2CCCC2)N2C[C@@H](C)CC2(OC)OC)CC1.Cl.Cl. The van der Waals surface area contributed by atoms with Gasteiger partial charge in [0, 0.05) is 40.3 Å². The van der Waals surface area contributed by atoms with Gasteiger partial charge in [0.25, 0.3) is 0 Å². The van der Waals surface area contributed by atoms with Crippen molar-refractivity contribution in [3.63, 3.8) is 0 Å². The summed E-state index contributed by atoms with van der Waals surface area (Å²) in [6.45, 7) is 7.52. The average Bonchev–Trinajstić information content (AvgIpc) is 3.35. The topological polar surface area (TPSA) is 60.5 Å². The molecule has 1 aliphatic carbocycles. The first-order valence-electron chi connectivity index (χ1n) is 11.0. The zero-order valence-electron chi connectivity index (χ0n) is 18.8. The van der Waals surface area contributed by atoms with Crippen LogP contribution < -0.4 is 0 Å². The van der Waals surface area contributed by atoms with E-state index in [1.165, 1.54) is 12.8 Å². The van der Waals surface area contributed by atoms with Crippen LogP contribution in [0.4, 0.5) is 0 Å². The molecule has 3 aliphatic rings. The van der Waals surface area contributed by atoms with Gasteiger partial charge in [0.2, 0.25) is 5.91 Å². The van der Waals surface area contributed by atoms with E-state index in [0.29, 0.717) is 12.5 Å². The predicted molar refractivity (Wildman–Crippen MR) is 120 cm³/mol. The number of methoxy groups -OCH3 is 2. The molecule has 0 N–H and O–H groups in total. The molecule has 2 saturated heterocycles. The zero-order chi connectivity index (χ0) is 20.1. The van der Waals surface area contributed by atoms with Gasteiger partial charge in [0.15, 0.2) is 6.35 Å². The van der Waals surface area contributed by atoms with E-state index in [9.17, 15) is 4.79 Å². The van der Waals surface area contributed by atoms with Gasteiger partial charge in [-0.2, -0.15) is 0 Å². The second-order valence-electron chi connectivity index (χ2n) is 8.51. The van der Waals surface area contributed by atoms with Crippen LogP contribution in [-0.4, -0.2) is 74.6 Å². The number of nitrogens with zero attached hydrogens (tertiary/aromatic N) is 2. The number of halogens is 2. The summed E-state index contributed by atoms with van der Waals surface area (Å²) in [6, 6.07) is 0. The highest BCUT2D eigenvalue weighted by atomic mass is 35.5. The van der Waals surface area contributed by atoms with Gasteiger partial charge in [0.05, 0.1) is 18.6 Å². The summed E-state index contributed by atoms with van der Waals surface area (Å²) in [6.07, 6.45) is 6.71. The maximum Gasteiger partial charge on any atom is 0.308 e. The summed E-state index contributed by atoms with van der Waals surface area (Å²) < 4.78 is 23.6. The number of esters is 1. The summed E-state index contributed by atoms with van der Waals surface area (Å²) in [5.41, 5.74) is 0. The van der Waals surface area contributed by atoms with Gasteiger partial charge in [-0.05, 0) is 51.4 Å². The summed E-state index contributed by atoms with van der Waals surface area (Å²) in [7, 11) is 3.44. The molecule has 0 radical (unpaired) electrons. The molecule has 9 heteroatoms. The smallest absolute Gasteiger partial charge is 0.308 e. The monoisotopic (exact) mass is 470 g/mol. The van der Waals surface area contributed by atoms with Gasteiger partial charge in [-0.1, -0.05) is 6.92 Å². The fourth-order valence-electron chi connectivity index (χ4n) is 5.03. The van der Waals surface area contributed by atoms with Crippen LogP contribution in [0.3, 0.4) is 0 Å². The van der Waals surface area contributed by atoms with E-state index in [4.69, 9.17) is 18.9 Å². The second kappa shape index (κ2) is 12.8. The lowest BCUT2D eigenvalue weighted by Gasteiger charge is -2.45. The number of hydrogen-bond acceptors (Lipinski definition) is 7. The van der Waals surface area contributed by atoms with Crippen LogP contribution >= 0.6 is 24.8 Å². The third-order valence-corrected chi connectivity index (χ3v) is 6.52. The van der Waals surface area contributed by atoms with Crippen molar-refractivity contribution in [2.45, 2.75) is 77.2 Å². The van der Waals surface area contributed by atoms with Crippen LogP contribution in [0, 0.1) is 11.8 Å². The van der Waals surface area contributed by atoms with E-state index in [1.807, 2.05) is 6.92 Å². The number of carbonyl (C=O) groups is 1. The van der Waals surface area contributed by atoms with Crippen LogP contribution in [-0.2, 0) is 23.7 Å². The highest BCUT2D eigenvalue weighted by molar-refractivity contribution is 5.85. The molecule has 2 aliphatic heterocycles. The highest BCUT2D eigenvalue weighted by Crippen LogP contribution is 2.39. The molecule has 0 aromatic rings. The Hall–Kier alpha value is -0.150. The number of ether oxygens (including phenoxy) is 4. The molecule has 0 bridgehead atoms. The van der Waals surface area contributed by atoms with Gasteiger partial charge in [-0.15, -0.1) is 24.8 Å². The predicted octanol–water partition coefficient (Wildman–Crippen LogP) is 3.64. The van der Waals surface area contributed by atoms with E-state index in [2.05, 4.69) is 16.7 Å². The van der Waals surface area contributed by atoms with Crippen molar-refractivity contribution in [3.05, 3.63) is 0 Å². The molecule has 0 aromatic heterocycles. The summed E-state index contributed by atoms with van der Waals surface area (Å²) in [5.74, 6) is -0.278. The Morgan fingerprint density at radius 2 is 1.67 bits per heavy atom. The van der Waals surface area contributed by atoms with Crippen LogP contribution in [0.25, 0.3) is 0 Å². The molecular formula is C21H40Cl2N2O5. The second-order valence-corrected chi connectivity index (χ2v) is 8.51. The van der Waals surface area contributed by atoms with Crippen molar-refractivity contribution in [1.29, 1.82) is 0 Å². The number of likely N-dealkylation sites (tertiary alicyclic amines) is 2.